The zero-order chi connectivity index (χ0) is 15.3. The number of anilines is 1. The van der Waals surface area contributed by atoms with Crippen LogP contribution < -0.4 is 10.6 Å². The van der Waals surface area contributed by atoms with Crippen LogP contribution in [0.4, 0.5) is 10.5 Å². The molecule has 0 saturated heterocycles. The molecule has 0 aliphatic rings. The number of aliphatic hydroxyl groups is 1. The normalized spacial score (nSPS) is 14.4. The molecule has 1 aromatic carbocycles. The van der Waals surface area contributed by atoms with Gasteiger partial charge >= 0.3 is 6.03 Å². The van der Waals surface area contributed by atoms with Gasteiger partial charge in [0.1, 0.15) is 9.84 Å². The Morgan fingerprint density at radius 2 is 2.00 bits per heavy atom. The van der Waals surface area contributed by atoms with Crippen molar-refractivity contribution in [1.29, 1.82) is 0 Å². The lowest BCUT2D eigenvalue weighted by atomic mass is 10.1. The Hall–Kier alpha value is -1.60. The minimum atomic E-state index is -3.14. The van der Waals surface area contributed by atoms with E-state index in [2.05, 4.69) is 10.6 Å². The molecule has 0 spiro atoms. The Labute approximate surface area is 119 Å². The first kappa shape index (κ1) is 16.5. The lowest BCUT2D eigenvalue weighted by Gasteiger charge is -2.14. The molecule has 1 rings (SSSR count). The molecule has 0 aliphatic heterocycles. The summed E-state index contributed by atoms with van der Waals surface area (Å²) < 4.78 is 22.2. The third-order valence-corrected chi connectivity index (χ3v) is 3.66. The van der Waals surface area contributed by atoms with Crippen LogP contribution in [0.2, 0.25) is 0 Å². The quantitative estimate of drug-likeness (QED) is 0.763. The van der Waals surface area contributed by atoms with Gasteiger partial charge in [-0.15, -0.1) is 0 Å². The molecule has 7 heteroatoms. The monoisotopic (exact) mass is 300 g/mol. The molecule has 0 saturated carbocycles. The molecule has 2 atom stereocenters. The highest BCUT2D eigenvalue weighted by atomic mass is 32.2. The Balaban J connectivity index is 2.60. The molecule has 0 aromatic heterocycles. The van der Waals surface area contributed by atoms with Gasteiger partial charge in [-0.2, -0.15) is 0 Å². The molecule has 20 heavy (non-hydrogen) atoms. The van der Waals surface area contributed by atoms with E-state index in [0.717, 1.165) is 6.26 Å². The van der Waals surface area contributed by atoms with Gasteiger partial charge in [-0.3, -0.25) is 0 Å². The molecule has 0 heterocycles. The fourth-order valence-electron chi connectivity index (χ4n) is 1.76. The van der Waals surface area contributed by atoms with E-state index in [4.69, 9.17) is 0 Å². The molecule has 2 amide bonds. The van der Waals surface area contributed by atoms with Gasteiger partial charge in [0.25, 0.3) is 0 Å². The van der Waals surface area contributed by atoms with Crippen LogP contribution in [0.15, 0.2) is 24.3 Å². The molecule has 1 aromatic rings. The number of sulfone groups is 1. The minimum absolute atomic E-state index is 0.117. The number of hydrogen-bond donors (Lipinski definition) is 3. The minimum Gasteiger partial charge on any atom is -0.389 e. The van der Waals surface area contributed by atoms with Crippen LogP contribution >= 0.6 is 0 Å². The molecule has 6 nitrogen and oxygen atoms in total. The highest BCUT2D eigenvalue weighted by molar-refractivity contribution is 7.90. The van der Waals surface area contributed by atoms with E-state index in [1.54, 1.807) is 38.1 Å². The SMILES string of the molecule is CC(CS(C)(=O)=O)NC(=O)Nc1cccc(C(C)O)c1. The molecule has 0 aliphatic carbocycles. The van der Waals surface area contributed by atoms with Gasteiger partial charge < -0.3 is 15.7 Å². The molecule has 2 unspecified atom stereocenters. The van der Waals surface area contributed by atoms with E-state index >= 15 is 0 Å². The molecule has 0 radical (unpaired) electrons. The predicted molar refractivity (Wildman–Crippen MR) is 78.4 cm³/mol. The molecule has 3 N–H and O–H groups in total. The van der Waals surface area contributed by atoms with Gasteiger partial charge in [0.15, 0.2) is 0 Å². The van der Waals surface area contributed by atoms with Gasteiger partial charge in [-0.25, -0.2) is 13.2 Å². The first-order chi connectivity index (χ1) is 9.17. The van der Waals surface area contributed by atoms with Crippen molar-refractivity contribution >= 4 is 21.6 Å². The molecule has 0 bridgehead atoms. The van der Waals surface area contributed by atoms with Crippen molar-refractivity contribution in [2.24, 2.45) is 0 Å². The van der Waals surface area contributed by atoms with Gasteiger partial charge in [0.2, 0.25) is 0 Å². The topological polar surface area (TPSA) is 95.5 Å². The van der Waals surface area contributed by atoms with Crippen LogP contribution in [0.3, 0.4) is 0 Å². The van der Waals surface area contributed by atoms with Crippen molar-refractivity contribution < 1.29 is 18.3 Å². The summed E-state index contributed by atoms with van der Waals surface area (Å²) in [7, 11) is -3.14. The zero-order valence-electron chi connectivity index (χ0n) is 11.8. The highest BCUT2D eigenvalue weighted by Gasteiger charge is 2.13. The summed E-state index contributed by atoms with van der Waals surface area (Å²) in [6.07, 6.45) is 0.499. The van der Waals surface area contributed by atoms with Crippen molar-refractivity contribution in [1.82, 2.24) is 5.32 Å². The number of carbonyl (C=O) groups is 1. The van der Waals surface area contributed by atoms with E-state index in [9.17, 15) is 18.3 Å². The molecule has 112 valence electrons. The first-order valence-electron chi connectivity index (χ1n) is 6.20. The van der Waals surface area contributed by atoms with Crippen LogP contribution in [0, 0.1) is 0 Å². The molecule has 0 fully saturated rings. The third kappa shape index (κ3) is 6.03. The summed E-state index contributed by atoms with van der Waals surface area (Å²) in [4.78, 5) is 11.7. The van der Waals surface area contributed by atoms with Crippen molar-refractivity contribution in [2.75, 3.05) is 17.3 Å². The number of carbonyl (C=O) groups excluding carboxylic acids is 1. The Morgan fingerprint density at radius 1 is 1.35 bits per heavy atom. The van der Waals surface area contributed by atoms with Crippen molar-refractivity contribution in [2.45, 2.75) is 26.0 Å². The first-order valence-corrected chi connectivity index (χ1v) is 8.26. The Kier molecular flexibility index (Phi) is 5.52. The fourth-order valence-corrected chi connectivity index (χ4v) is 2.75. The largest absolute Gasteiger partial charge is 0.389 e. The number of rotatable bonds is 5. The van der Waals surface area contributed by atoms with Crippen molar-refractivity contribution in [3.05, 3.63) is 29.8 Å². The van der Waals surface area contributed by atoms with Gasteiger partial charge in [0, 0.05) is 18.0 Å². The lowest BCUT2D eigenvalue weighted by molar-refractivity contribution is 0.199. The van der Waals surface area contributed by atoms with Crippen LogP contribution in [0.5, 0.6) is 0 Å². The van der Waals surface area contributed by atoms with E-state index in [1.165, 1.54) is 0 Å². The van der Waals surface area contributed by atoms with Crippen molar-refractivity contribution in [3.8, 4) is 0 Å². The summed E-state index contributed by atoms with van der Waals surface area (Å²) in [6.45, 7) is 3.25. The predicted octanol–water partition coefficient (Wildman–Crippen LogP) is 1.29. The number of hydrogen-bond acceptors (Lipinski definition) is 4. The smallest absolute Gasteiger partial charge is 0.319 e. The zero-order valence-corrected chi connectivity index (χ0v) is 12.6. The number of urea groups is 1. The van der Waals surface area contributed by atoms with Crippen LogP contribution in [0.1, 0.15) is 25.5 Å². The second kappa shape index (κ2) is 6.71. The highest BCUT2D eigenvalue weighted by Crippen LogP contribution is 2.16. The molecular formula is C13H20N2O4S. The van der Waals surface area contributed by atoms with Crippen LogP contribution in [0.25, 0.3) is 0 Å². The standard InChI is InChI=1S/C13H20N2O4S/c1-9(8-20(3,18)19)14-13(17)15-12-6-4-5-11(7-12)10(2)16/h4-7,9-10,16H,8H2,1-3H3,(H2,14,15,17). The van der Waals surface area contributed by atoms with E-state index in [-0.39, 0.29) is 5.75 Å². The maximum Gasteiger partial charge on any atom is 0.319 e. The average molecular weight is 300 g/mol. The number of benzene rings is 1. The van der Waals surface area contributed by atoms with E-state index in [1.807, 2.05) is 0 Å². The maximum atomic E-state index is 11.7. The second-order valence-electron chi connectivity index (χ2n) is 4.89. The second-order valence-corrected chi connectivity index (χ2v) is 7.08. The number of amides is 2. The fraction of sp³-hybridized carbons (Fsp3) is 0.462. The van der Waals surface area contributed by atoms with E-state index < -0.39 is 28.0 Å². The summed E-state index contributed by atoms with van der Waals surface area (Å²) in [5.41, 5.74) is 1.22. The van der Waals surface area contributed by atoms with E-state index in [0.29, 0.717) is 11.3 Å². The van der Waals surface area contributed by atoms with Gasteiger partial charge in [-0.05, 0) is 31.5 Å². The number of aliphatic hydroxyl groups excluding tert-OH is 1. The molecular weight excluding hydrogens is 280 g/mol. The summed E-state index contributed by atoms with van der Waals surface area (Å²) in [6, 6.07) is 5.85. The van der Waals surface area contributed by atoms with Crippen LogP contribution in [-0.4, -0.2) is 37.6 Å². The van der Waals surface area contributed by atoms with Crippen molar-refractivity contribution in [3.63, 3.8) is 0 Å². The summed E-state index contributed by atoms with van der Waals surface area (Å²) >= 11 is 0. The Bertz CT molecular complexity index is 569. The lowest BCUT2D eigenvalue weighted by Crippen LogP contribution is -2.39. The maximum absolute atomic E-state index is 11.7. The number of nitrogens with one attached hydrogen (secondary N) is 2. The van der Waals surface area contributed by atoms with Gasteiger partial charge in [-0.1, -0.05) is 12.1 Å². The summed E-state index contributed by atoms with van der Waals surface area (Å²) in [5.74, 6) is -0.117. The average Bonchev–Trinajstić information content (AvgIpc) is 2.25. The van der Waals surface area contributed by atoms with Gasteiger partial charge in [0.05, 0.1) is 11.9 Å². The summed E-state index contributed by atoms with van der Waals surface area (Å²) in [5, 5.41) is 14.6. The van der Waals surface area contributed by atoms with Crippen LogP contribution in [-0.2, 0) is 9.84 Å². The third-order valence-electron chi connectivity index (χ3n) is 2.56. The Morgan fingerprint density at radius 3 is 2.55 bits per heavy atom.